The molecule has 0 bridgehead atoms. The molecule has 0 aliphatic rings. The van der Waals surface area contributed by atoms with Gasteiger partial charge in [0.25, 0.3) is 0 Å². The normalized spacial score (nSPS) is 13.1. The first-order valence-corrected chi connectivity index (χ1v) is 6.94. The van der Waals surface area contributed by atoms with Crippen molar-refractivity contribution < 1.29 is 4.79 Å². The van der Waals surface area contributed by atoms with E-state index in [0.29, 0.717) is 19.5 Å². The van der Waals surface area contributed by atoms with Crippen LogP contribution >= 0.6 is 0 Å². The maximum atomic E-state index is 12.1. The smallest absolute Gasteiger partial charge is 0.224 e. The van der Waals surface area contributed by atoms with E-state index >= 15 is 0 Å². The summed E-state index contributed by atoms with van der Waals surface area (Å²) in [7, 11) is 0. The van der Waals surface area contributed by atoms with E-state index in [4.69, 9.17) is 5.73 Å². The standard InChI is InChI=1S/C16H26N2O/c1-16(2,3)9-10-18-15(19)14(12-17)11-13-7-5-4-6-8-13/h4-8,14H,9-12,17H2,1-3H3,(H,18,19). The molecule has 0 heterocycles. The summed E-state index contributed by atoms with van der Waals surface area (Å²) in [6.45, 7) is 7.61. The Kier molecular flexibility index (Phi) is 6.03. The van der Waals surface area contributed by atoms with Gasteiger partial charge in [0, 0.05) is 13.1 Å². The van der Waals surface area contributed by atoms with Crippen LogP contribution in [0.3, 0.4) is 0 Å². The predicted molar refractivity (Wildman–Crippen MR) is 79.8 cm³/mol. The average Bonchev–Trinajstić information content (AvgIpc) is 2.35. The quantitative estimate of drug-likeness (QED) is 0.827. The molecule has 0 aromatic heterocycles. The lowest BCUT2D eigenvalue weighted by atomic mass is 9.92. The van der Waals surface area contributed by atoms with Gasteiger partial charge >= 0.3 is 0 Å². The monoisotopic (exact) mass is 262 g/mol. The molecular formula is C16H26N2O. The van der Waals surface area contributed by atoms with E-state index in [9.17, 15) is 4.79 Å². The summed E-state index contributed by atoms with van der Waals surface area (Å²) in [5, 5.41) is 2.99. The van der Waals surface area contributed by atoms with E-state index < -0.39 is 0 Å². The number of hydrogen-bond acceptors (Lipinski definition) is 2. The zero-order chi connectivity index (χ0) is 14.3. The van der Waals surface area contributed by atoms with Gasteiger partial charge in [-0.1, -0.05) is 51.1 Å². The van der Waals surface area contributed by atoms with Gasteiger partial charge in [0.2, 0.25) is 5.91 Å². The largest absolute Gasteiger partial charge is 0.356 e. The van der Waals surface area contributed by atoms with Crippen LogP contribution in [-0.4, -0.2) is 19.0 Å². The summed E-state index contributed by atoms with van der Waals surface area (Å²) < 4.78 is 0. The fourth-order valence-electron chi connectivity index (χ4n) is 1.89. The van der Waals surface area contributed by atoms with Crippen LogP contribution in [0.1, 0.15) is 32.8 Å². The molecule has 1 rings (SSSR count). The zero-order valence-electron chi connectivity index (χ0n) is 12.3. The van der Waals surface area contributed by atoms with E-state index in [-0.39, 0.29) is 17.2 Å². The summed E-state index contributed by atoms with van der Waals surface area (Å²) >= 11 is 0. The van der Waals surface area contributed by atoms with Crippen molar-refractivity contribution in [2.45, 2.75) is 33.6 Å². The van der Waals surface area contributed by atoms with Crippen molar-refractivity contribution >= 4 is 5.91 Å². The first kappa shape index (κ1) is 15.7. The van der Waals surface area contributed by atoms with Crippen molar-refractivity contribution in [2.75, 3.05) is 13.1 Å². The molecule has 3 N–H and O–H groups in total. The fourth-order valence-corrected chi connectivity index (χ4v) is 1.89. The number of nitrogens with one attached hydrogen (secondary N) is 1. The van der Waals surface area contributed by atoms with Crippen molar-refractivity contribution in [3.05, 3.63) is 35.9 Å². The lowest BCUT2D eigenvalue weighted by Crippen LogP contribution is -2.37. The van der Waals surface area contributed by atoms with Gasteiger partial charge in [-0.05, 0) is 23.8 Å². The highest BCUT2D eigenvalue weighted by atomic mass is 16.1. The fraction of sp³-hybridized carbons (Fsp3) is 0.562. The first-order chi connectivity index (χ1) is 8.92. The molecule has 3 nitrogen and oxygen atoms in total. The Morgan fingerprint density at radius 3 is 2.42 bits per heavy atom. The maximum Gasteiger partial charge on any atom is 0.224 e. The highest BCUT2D eigenvalue weighted by molar-refractivity contribution is 5.79. The van der Waals surface area contributed by atoms with Crippen LogP contribution in [-0.2, 0) is 11.2 Å². The van der Waals surface area contributed by atoms with E-state index in [0.717, 1.165) is 12.0 Å². The average molecular weight is 262 g/mol. The Hall–Kier alpha value is -1.35. The molecule has 0 fully saturated rings. The van der Waals surface area contributed by atoms with E-state index in [1.54, 1.807) is 0 Å². The molecule has 0 aliphatic heterocycles. The second-order valence-corrected chi connectivity index (χ2v) is 6.22. The van der Waals surface area contributed by atoms with Gasteiger partial charge in [0.05, 0.1) is 5.92 Å². The van der Waals surface area contributed by atoms with Gasteiger partial charge in [-0.25, -0.2) is 0 Å². The third kappa shape index (κ3) is 6.39. The van der Waals surface area contributed by atoms with Crippen LogP contribution in [0.5, 0.6) is 0 Å². The highest BCUT2D eigenvalue weighted by Crippen LogP contribution is 2.17. The van der Waals surface area contributed by atoms with Crippen LogP contribution in [0.15, 0.2) is 30.3 Å². The number of carbonyl (C=O) groups is 1. The van der Waals surface area contributed by atoms with Gasteiger partial charge in [-0.15, -0.1) is 0 Å². The third-order valence-electron chi connectivity index (χ3n) is 3.15. The Morgan fingerprint density at radius 1 is 1.26 bits per heavy atom. The summed E-state index contributed by atoms with van der Waals surface area (Å²) in [5.41, 5.74) is 7.12. The summed E-state index contributed by atoms with van der Waals surface area (Å²) in [5.74, 6) is -0.0713. The molecule has 0 spiro atoms. The Labute approximate surface area is 116 Å². The molecule has 0 saturated heterocycles. The molecule has 0 radical (unpaired) electrons. The topological polar surface area (TPSA) is 55.1 Å². The number of benzene rings is 1. The van der Waals surface area contributed by atoms with Crippen LogP contribution in [0.2, 0.25) is 0 Å². The van der Waals surface area contributed by atoms with Crippen molar-refractivity contribution in [2.24, 2.45) is 17.1 Å². The van der Waals surface area contributed by atoms with Gasteiger partial charge in [0.15, 0.2) is 0 Å². The molecule has 3 heteroatoms. The zero-order valence-corrected chi connectivity index (χ0v) is 12.3. The molecule has 1 aromatic rings. The van der Waals surface area contributed by atoms with Crippen LogP contribution < -0.4 is 11.1 Å². The minimum atomic E-state index is -0.137. The molecule has 0 saturated carbocycles. The summed E-state index contributed by atoms with van der Waals surface area (Å²) in [4.78, 5) is 12.1. The van der Waals surface area contributed by atoms with Gasteiger partial charge in [-0.2, -0.15) is 0 Å². The Balaban J connectivity index is 2.44. The van der Waals surface area contributed by atoms with Gasteiger partial charge in [0.1, 0.15) is 0 Å². The maximum absolute atomic E-state index is 12.1. The SMILES string of the molecule is CC(C)(C)CCNC(=O)C(CN)Cc1ccccc1. The predicted octanol–water partition coefficient (Wildman–Crippen LogP) is 2.36. The van der Waals surface area contributed by atoms with Crippen molar-refractivity contribution in [1.29, 1.82) is 0 Å². The van der Waals surface area contributed by atoms with Crippen molar-refractivity contribution in [3.63, 3.8) is 0 Å². The number of amides is 1. The second-order valence-electron chi connectivity index (χ2n) is 6.22. The number of nitrogens with two attached hydrogens (primary N) is 1. The van der Waals surface area contributed by atoms with Crippen molar-refractivity contribution in [3.8, 4) is 0 Å². The molecule has 1 amide bonds. The summed E-state index contributed by atoms with van der Waals surface area (Å²) in [6, 6.07) is 10.0. The molecule has 106 valence electrons. The minimum Gasteiger partial charge on any atom is -0.356 e. The Morgan fingerprint density at radius 2 is 1.89 bits per heavy atom. The van der Waals surface area contributed by atoms with E-state index in [1.165, 1.54) is 0 Å². The highest BCUT2D eigenvalue weighted by Gasteiger charge is 2.18. The van der Waals surface area contributed by atoms with E-state index in [2.05, 4.69) is 26.1 Å². The van der Waals surface area contributed by atoms with Crippen LogP contribution in [0.25, 0.3) is 0 Å². The number of rotatable bonds is 6. The summed E-state index contributed by atoms with van der Waals surface area (Å²) in [6.07, 6.45) is 1.68. The van der Waals surface area contributed by atoms with Gasteiger partial charge in [-0.3, -0.25) is 4.79 Å². The molecule has 0 aliphatic carbocycles. The molecule has 1 aromatic carbocycles. The van der Waals surface area contributed by atoms with E-state index in [1.807, 2.05) is 30.3 Å². The molecule has 1 atom stereocenters. The number of hydrogen-bond donors (Lipinski definition) is 2. The minimum absolute atomic E-state index is 0.0654. The lowest BCUT2D eigenvalue weighted by molar-refractivity contribution is -0.124. The second kappa shape index (κ2) is 7.29. The van der Waals surface area contributed by atoms with Crippen molar-refractivity contribution in [1.82, 2.24) is 5.32 Å². The van der Waals surface area contributed by atoms with Gasteiger partial charge < -0.3 is 11.1 Å². The molecular weight excluding hydrogens is 236 g/mol. The lowest BCUT2D eigenvalue weighted by Gasteiger charge is -2.20. The van der Waals surface area contributed by atoms with Crippen LogP contribution in [0.4, 0.5) is 0 Å². The first-order valence-electron chi connectivity index (χ1n) is 6.94. The Bertz CT molecular complexity index is 381. The third-order valence-corrected chi connectivity index (χ3v) is 3.15. The molecule has 1 unspecified atom stereocenters. The van der Waals surface area contributed by atoms with Crippen LogP contribution in [0, 0.1) is 11.3 Å². The molecule has 19 heavy (non-hydrogen) atoms. The number of carbonyl (C=O) groups excluding carboxylic acids is 1.